The highest BCUT2D eigenvalue weighted by Crippen LogP contribution is 2.40. The topological polar surface area (TPSA) is 88.1 Å². The minimum Gasteiger partial charge on any atom is -0.459 e. The van der Waals surface area contributed by atoms with Crippen LogP contribution in [-0.2, 0) is 19.1 Å². The van der Waals surface area contributed by atoms with Crippen molar-refractivity contribution in [2.75, 3.05) is 32.8 Å². The zero-order valence-electron chi connectivity index (χ0n) is 17.5. The van der Waals surface area contributed by atoms with Gasteiger partial charge in [0, 0.05) is 51.1 Å². The van der Waals surface area contributed by atoms with Gasteiger partial charge in [-0.25, -0.2) is 0 Å². The first-order valence-corrected chi connectivity index (χ1v) is 11.8. The Morgan fingerprint density at radius 1 is 1.43 bits per heavy atom. The highest BCUT2D eigenvalue weighted by atomic mass is 32.1. The lowest BCUT2D eigenvalue weighted by Crippen LogP contribution is -2.39. The summed E-state index contributed by atoms with van der Waals surface area (Å²) in [6.07, 6.45) is 5.03. The van der Waals surface area contributed by atoms with E-state index >= 15 is 0 Å². The first-order valence-electron chi connectivity index (χ1n) is 10.8. The monoisotopic (exact) mass is 436 g/mol. The second-order valence-corrected chi connectivity index (χ2v) is 8.46. The summed E-state index contributed by atoms with van der Waals surface area (Å²) in [5.74, 6) is 0.252. The van der Waals surface area contributed by atoms with E-state index in [1.807, 2.05) is 23.3 Å². The molecule has 1 aromatic heterocycles. The van der Waals surface area contributed by atoms with Crippen molar-refractivity contribution in [2.45, 2.75) is 51.2 Å². The Hall–Kier alpha value is -1.90. The third-order valence-corrected chi connectivity index (χ3v) is 6.33. The summed E-state index contributed by atoms with van der Waals surface area (Å²) in [5, 5.41) is 16.3. The van der Waals surface area contributed by atoms with Crippen LogP contribution in [0.5, 0.6) is 0 Å². The molecule has 0 aromatic carbocycles. The summed E-state index contributed by atoms with van der Waals surface area (Å²) in [4.78, 5) is 26.3. The molecule has 2 amide bonds. The second-order valence-electron chi connectivity index (χ2n) is 7.68. The van der Waals surface area contributed by atoms with Crippen LogP contribution in [0.2, 0.25) is 0 Å². The highest BCUT2D eigenvalue weighted by Gasteiger charge is 2.37. The van der Waals surface area contributed by atoms with Gasteiger partial charge in [0.05, 0.1) is 0 Å². The molecule has 166 valence electrons. The van der Waals surface area contributed by atoms with E-state index in [1.165, 1.54) is 0 Å². The number of aliphatic hydroxyl groups excluding tert-OH is 1. The van der Waals surface area contributed by atoms with Gasteiger partial charge in [-0.2, -0.15) is 11.3 Å². The molecule has 1 saturated heterocycles. The van der Waals surface area contributed by atoms with E-state index in [4.69, 9.17) is 9.47 Å². The van der Waals surface area contributed by atoms with Crippen LogP contribution in [0, 0.1) is 5.92 Å². The molecule has 3 rings (SSSR count). The molecule has 8 heteroatoms. The van der Waals surface area contributed by atoms with E-state index in [0.29, 0.717) is 39.0 Å². The van der Waals surface area contributed by atoms with Crippen LogP contribution in [0.4, 0.5) is 0 Å². The lowest BCUT2D eigenvalue weighted by atomic mass is 9.81. The van der Waals surface area contributed by atoms with Crippen molar-refractivity contribution < 1.29 is 24.2 Å². The number of thiophene rings is 1. The standard InChI is InChI=1S/C22H32N2O5S/c1-2-28-22-17(6-4-12-25)18(16-8-13-30-15-16)14-19(29-22)21(27)23-9-5-11-24-10-3-7-20(24)26/h8,13-15,17-18,22,25H,2-7,9-12H2,1H3,(H,23,27). The molecular weight excluding hydrogens is 404 g/mol. The van der Waals surface area contributed by atoms with Gasteiger partial charge in [0.2, 0.25) is 12.2 Å². The van der Waals surface area contributed by atoms with Crippen LogP contribution in [0.25, 0.3) is 0 Å². The molecule has 7 nitrogen and oxygen atoms in total. The Morgan fingerprint density at radius 3 is 2.97 bits per heavy atom. The maximum atomic E-state index is 12.8. The van der Waals surface area contributed by atoms with Crippen LogP contribution in [0.3, 0.4) is 0 Å². The number of ether oxygens (including phenoxy) is 2. The van der Waals surface area contributed by atoms with Crippen LogP contribution < -0.4 is 5.32 Å². The van der Waals surface area contributed by atoms with Gasteiger partial charge in [-0.1, -0.05) is 0 Å². The van der Waals surface area contributed by atoms with Crippen molar-refractivity contribution in [1.29, 1.82) is 0 Å². The lowest BCUT2D eigenvalue weighted by molar-refractivity contribution is -0.166. The van der Waals surface area contributed by atoms with E-state index in [-0.39, 0.29) is 36.0 Å². The Balaban J connectivity index is 1.64. The predicted molar refractivity (Wildman–Crippen MR) is 115 cm³/mol. The van der Waals surface area contributed by atoms with E-state index in [0.717, 1.165) is 24.9 Å². The molecule has 3 atom stereocenters. The van der Waals surface area contributed by atoms with Gasteiger partial charge < -0.3 is 24.8 Å². The largest absolute Gasteiger partial charge is 0.459 e. The molecule has 30 heavy (non-hydrogen) atoms. The summed E-state index contributed by atoms with van der Waals surface area (Å²) in [5.41, 5.74) is 1.13. The van der Waals surface area contributed by atoms with Gasteiger partial charge in [-0.15, -0.1) is 0 Å². The van der Waals surface area contributed by atoms with Gasteiger partial charge in [0.25, 0.3) is 5.91 Å². The van der Waals surface area contributed by atoms with Crippen LogP contribution in [0.15, 0.2) is 28.7 Å². The molecule has 0 aliphatic carbocycles. The Bertz CT molecular complexity index is 721. The highest BCUT2D eigenvalue weighted by molar-refractivity contribution is 7.08. The number of nitrogens with one attached hydrogen (secondary N) is 1. The van der Waals surface area contributed by atoms with Gasteiger partial charge in [0.15, 0.2) is 5.76 Å². The number of hydrogen-bond donors (Lipinski definition) is 2. The molecule has 2 aliphatic rings. The Morgan fingerprint density at radius 2 is 2.30 bits per heavy atom. The zero-order chi connectivity index (χ0) is 21.3. The third-order valence-electron chi connectivity index (χ3n) is 5.63. The molecule has 2 aliphatic heterocycles. The van der Waals surface area contributed by atoms with Crippen molar-refractivity contribution in [3.63, 3.8) is 0 Å². The van der Waals surface area contributed by atoms with E-state index < -0.39 is 6.29 Å². The normalized spacial score (nSPS) is 23.9. The number of allylic oxidation sites excluding steroid dienone is 1. The Labute approximate surface area is 182 Å². The van der Waals surface area contributed by atoms with Gasteiger partial charge in [0.1, 0.15) is 0 Å². The number of carbonyl (C=O) groups excluding carboxylic acids is 2. The molecular formula is C22H32N2O5S. The molecule has 3 heterocycles. The summed E-state index contributed by atoms with van der Waals surface area (Å²) in [6, 6.07) is 2.06. The molecule has 3 unspecified atom stereocenters. The fourth-order valence-corrected chi connectivity index (χ4v) is 4.82. The summed E-state index contributed by atoms with van der Waals surface area (Å²) in [6.45, 7) is 4.47. The van der Waals surface area contributed by atoms with E-state index in [9.17, 15) is 14.7 Å². The fraction of sp³-hybridized carbons (Fsp3) is 0.636. The predicted octanol–water partition coefficient (Wildman–Crippen LogP) is 2.63. The molecule has 2 N–H and O–H groups in total. The van der Waals surface area contributed by atoms with Crippen LogP contribution in [-0.4, -0.2) is 61.0 Å². The number of amides is 2. The number of aliphatic hydroxyl groups is 1. The maximum Gasteiger partial charge on any atom is 0.286 e. The first-order chi connectivity index (χ1) is 14.6. The number of rotatable bonds is 11. The van der Waals surface area contributed by atoms with Gasteiger partial charge in [-0.3, -0.25) is 9.59 Å². The van der Waals surface area contributed by atoms with Crippen molar-refractivity contribution in [3.8, 4) is 0 Å². The molecule has 0 bridgehead atoms. The lowest BCUT2D eigenvalue weighted by Gasteiger charge is -2.36. The van der Waals surface area contributed by atoms with Crippen molar-refractivity contribution in [1.82, 2.24) is 10.2 Å². The third kappa shape index (κ3) is 5.83. The fourth-order valence-electron chi connectivity index (χ4n) is 4.11. The number of likely N-dealkylation sites (tertiary alicyclic amines) is 1. The van der Waals surface area contributed by atoms with Crippen molar-refractivity contribution in [2.24, 2.45) is 5.92 Å². The summed E-state index contributed by atoms with van der Waals surface area (Å²) < 4.78 is 11.8. The van der Waals surface area contributed by atoms with E-state index in [1.54, 1.807) is 11.3 Å². The van der Waals surface area contributed by atoms with Crippen molar-refractivity contribution >= 4 is 23.2 Å². The molecule has 0 spiro atoms. The Kier molecular flexibility index (Phi) is 8.72. The van der Waals surface area contributed by atoms with Gasteiger partial charge in [-0.05, 0) is 61.1 Å². The first kappa shape index (κ1) is 22.8. The van der Waals surface area contributed by atoms with Crippen LogP contribution in [0.1, 0.15) is 50.5 Å². The zero-order valence-corrected chi connectivity index (χ0v) is 18.4. The second kappa shape index (κ2) is 11.5. The summed E-state index contributed by atoms with van der Waals surface area (Å²) >= 11 is 1.62. The average molecular weight is 437 g/mol. The van der Waals surface area contributed by atoms with E-state index in [2.05, 4.69) is 16.8 Å². The molecule has 0 saturated carbocycles. The SMILES string of the molecule is CCOC1OC(C(=O)NCCCN2CCCC2=O)=CC(c2ccsc2)C1CCCO. The smallest absolute Gasteiger partial charge is 0.286 e. The van der Waals surface area contributed by atoms with Gasteiger partial charge >= 0.3 is 0 Å². The number of nitrogens with zero attached hydrogens (tertiary/aromatic N) is 1. The van der Waals surface area contributed by atoms with Crippen LogP contribution >= 0.6 is 11.3 Å². The number of hydrogen-bond acceptors (Lipinski definition) is 6. The van der Waals surface area contributed by atoms with Crippen molar-refractivity contribution in [3.05, 3.63) is 34.2 Å². The molecule has 1 aromatic rings. The summed E-state index contributed by atoms with van der Waals surface area (Å²) in [7, 11) is 0. The molecule has 1 fully saturated rings. The average Bonchev–Trinajstić information content (AvgIpc) is 3.42. The quantitative estimate of drug-likeness (QED) is 0.521. The minimum atomic E-state index is -0.528. The maximum absolute atomic E-state index is 12.8. The number of carbonyl (C=O) groups is 2. The minimum absolute atomic E-state index is 0.00364. The molecule has 0 radical (unpaired) electrons.